The molecule has 2 N–H and O–H groups in total. The van der Waals surface area contributed by atoms with Crippen molar-refractivity contribution in [3.63, 3.8) is 0 Å². The third kappa shape index (κ3) is 7.72. The van der Waals surface area contributed by atoms with Crippen LogP contribution in [-0.2, 0) is 4.79 Å². The van der Waals surface area contributed by atoms with Crippen LogP contribution in [0.3, 0.4) is 0 Å². The molecule has 1 atom stereocenters. The number of alkyl halides is 1. The SMILES string of the molecule is O=C(O)CCCC(O)Cl. The third-order valence-electron chi connectivity index (χ3n) is 0.833. The second kappa shape index (κ2) is 4.58. The Morgan fingerprint density at radius 1 is 1.67 bits per heavy atom. The molecular weight excluding hydrogens is 144 g/mol. The van der Waals surface area contributed by atoms with Crippen molar-refractivity contribution in [1.29, 1.82) is 0 Å². The van der Waals surface area contributed by atoms with Crippen LogP contribution in [-0.4, -0.2) is 21.7 Å². The molecule has 0 radical (unpaired) electrons. The molecule has 0 amide bonds. The number of hydrogen-bond donors (Lipinski definition) is 2. The molecule has 1 unspecified atom stereocenters. The lowest BCUT2D eigenvalue weighted by molar-refractivity contribution is -0.137. The van der Waals surface area contributed by atoms with Gasteiger partial charge in [0.25, 0.3) is 0 Å². The smallest absolute Gasteiger partial charge is 0.303 e. The highest BCUT2D eigenvalue weighted by Crippen LogP contribution is 2.03. The van der Waals surface area contributed by atoms with Gasteiger partial charge in [0.1, 0.15) is 5.56 Å². The highest BCUT2D eigenvalue weighted by Gasteiger charge is 2.00. The fraction of sp³-hybridized carbons (Fsp3) is 0.800. The maximum absolute atomic E-state index is 9.86. The van der Waals surface area contributed by atoms with E-state index in [0.717, 1.165) is 0 Å². The standard InChI is InChI=1S/C5H9ClO3/c6-4(7)2-1-3-5(8)9/h4,7H,1-3H2,(H,8,9). The first kappa shape index (κ1) is 8.72. The van der Waals surface area contributed by atoms with Gasteiger partial charge in [0, 0.05) is 6.42 Å². The van der Waals surface area contributed by atoms with Crippen LogP contribution in [0.15, 0.2) is 0 Å². The van der Waals surface area contributed by atoms with E-state index in [1.807, 2.05) is 0 Å². The van der Waals surface area contributed by atoms with Crippen molar-refractivity contribution in [2.75, 3.05) is 0 Å². The minimum Gasteiger partial charge on any atom is -0.481 e. The van der Waals surface area contributed by atoms with Gasteiger partial charge in [-0.05, 0) is 12.8 Å². The van der Waals surface area contributed by atoms with Crippen LogP contribution >= 0.6 is 11.6 Å². The molecule has 54 valence electrons. The van der Waals surface area contributed by atoms with Crippen LogP contribution in [0.4, 0.5) is 0 Å². The number of hydrogen-bond acceptors (Lipinski definition) is 2. The van der Waals surface area contributed by atoms with Gasteiger partial charge >= 0.3 is 5.97 Å². The minimum atomic E-state index is -0.899. The molecule has 4 heteroatoms. The van der Waals surface area contributed by atoms with Gasteiger partial charge in [-0.3, -0.25) is 4.79 Å². The molecule has 0 spiro atoms. The number of rotatable bonds is 4. The zero-order valence-corrected chi connectivity index (χ0v) is 5.64. The van der Waals surface area contributed by atoms with E-state index >= 15 is 0 Å². The number of aliphatic hydroxyl groups excluding tert-OH is 1. The fourth-order valence-electron chi connectivity index (χ4n) is 0.422. The van der Waals surface area contributed by atoms with Crippen LogP contribution in [0.2, 0.25) is 0 Å². The van der Waals surface area contributed by atoms with Gasteiger partial charge in [-0.15, -0.1) is 0 Å². The summed E-state index contributed by atoms with van der Waals surface area (Å²) in [5, 5.41) is 16.5. The lowest BCUT2D eigenvalue weighted by Gasteiger charge is -1.97. The Labute approximate surface area is 58.3 Å². The van der Waals surface area contributed by atoms with Crippen molar-refractivity contribution in [2.45, 2.75) is 24.8 Å². The van der Waals surface area contributed by atoms with Gasteiger partial charge in [-0.1, -0.05) is 11.6 Å². The first-order valence-corrected chi connectivity index (χ1v) is 3.10. The molecule has 0 aliphatic carbocycles. The minimum absolute atomic E-state index is 0.0732. The number of carbonyl (C=O) groups is 1. The monoisotopic (exact) mass is 152 g/mol. The number of halogens is 1. The van der Waals surface area contributed by atoms with Crippen molar-refractivity contribution in [3.05, 3.63) is 0 Å². The van der Waals surface area contributed by atoms with Crippen LogP contribution in [0.25, 0.3) is 0 Å². The molecule has 0 aliphatic heterocycles. The van der Waals surface area contributed by atoms with E-state index in [1.54, 1.807) is 0 Å². The van der Waals surface area contributed by atoms with Gasteiger partial charge < -0.3 is 10.2 Å². The number of aliphatic hydroxyl groups is 1. The highest BCUT2D eigenvalue weighted by atomic mass is 35.5. The zero-order chi connectivity index (χ0) is 7.28. The third-order valence-corrected chi connectivity index (χ3v) is 1.05. The van der Waals surface area contributed by atoms with Crippen molar-refractivity contribution in [2.24, 2.45) is 0 Å². The molecule has 0 saturated carbocycles. The molecular formula is C5H9ClO3. The second-order valence-electron chi connectivity index (χ2n) is 1.72. The van der Waals surface area contributed by atoms with Gasteiger partial charge in [-0.25, -0.2) is 0 Å². The van der Waals surface area contributed by atoms with E-state index in [0.29, 0.717) is 12.8 Å². The van der Waals surface area contributed by atoms with E-state index in [1.165, 1.54) is 0 Å². The van der Waals surface area contributed by atoms with Gasteiger partial charge in [-0.2, -0.15) is 0 Å². The lowest BCUT2D eigenvalue weighted by atomic mass is 10.2. The molecule has 0 aliphatic rings. The second-order valence-corrected chi connectivity index (χ2v) is 2.22. The average molecular weight is 153 g/mol. The summed E-state index contributed by atoms with van der Waals surface area (Å²) in [6.07, 6.45) is 0.845. The van der Waals surface area contributed by atoms with Crippen LogP contribution in [0, 0.1) is 0 Å². The number of aliphatic carboxylic acids is 1. The molecule has 0 heterocycles. The summed E-state index contributed by atoms with van der Waals surface area (Å²) >= 11 is 5.12. The first-order chi connectivity index (χ1) is 4.13. The maximum atomic E-state index is 9.86. The summed E-state index contributed by atoms with van der Waals surface area (Å²) in [4.78, 5) is 9.86. The molecule has 0 aromatic carbocycles. The molecule has 9 heavy (non-hydrogen) atoms. The van der Waals surface area contributed by atoms with Crippen LogP contribution < -0.4 is 0 Å². The van der Waals surface area contributed by atoms with Crippen molar-refractivity contribution in [3.8, 4) is 0 Å². The van der Waals surface area contributed by atoms with Crippen LogP contribution in [0.1, 0.15) is 19.3 Å². The van der Waals surface area contributed by atoms with Crippen molar-refractivity contribution < 1.29 is 15.0 Å². The predicted molar refractivity (Wildman–Crippen MR) is 33.3 cm³/mol. The van der Waals surface area contributed by atoms with E-state index in [-0.39, 0.29) is 6.42 Å². The van der Waals surface area contributed by atoms with Gasteiger partial charge in [0.2, 0.25) is 0 Å². The Bertz CT molecular complexity index is 92.2. The molecule has 0 bridgehead atoms. The molecule has 0 saturated heterocycles. The highest BCUT2D eigenvalue weighted by molar-refractivity contribution is 6.19. The molecule has 0 aromatic rings. The normalized spacial score (nSPS) is 13.1. The molecule has 0 fully saturated rings. The van der Waals surface area contributed by atoms with Crippen LogP contribution in [0.5, 0.6) is 0 Å². The summed E-state index contributed by atoms with van der Waals surface area (Å²) in [6, 6.07) is 0. The predicted octanol–water partition coefficient (Wildman–Crippen LogP) is 0.798. The van der Waals surface area contributed by atoms with E-state index in [2.05, 4.69) is 0 Å². The largest absolute Gasteiger partial charge is 0.481 e. The first-order valence-electron chi connectivity index (χ1n) is 2.67. The van der Waals surface area contributed by atoms with E-state index in [4.69, 9.17) is 21.8 Å². The summed E-state index contributed by atoms with van der Waals surface area (Å²) in [7, 11) is 0. The Morgan fingerprint density at radius 2 is 2.22 bits per heavy atom. The Balaban J connectivity index is 3.01. The topological polar surface area (TPSA) is 57.5 Å². The Morgan fingerprint density at radius 3 is 2.56 bits per heavy atom. The summed E-state index contributed by atoms with van der Waals surface area (Å²) in [5.41, 5.74) is -0.899. The maximum Gasteiger partial charge on any atom is 0.303 e. The fourth-order valence-corrected chi connectivity index (χ4v) is 0.576. The number of carboxylic acid groups (broad SMARTS) is 1. The molecule has 0 rings (SSSR count). The van der Waals surface area contributed by atoms with Gasteiger partial charge in [0.15, 0.2) is 0 Å². The quantitative estimate of drug-likeness (QED) is 0.586. The summed E-state index contributed by atoms with van der Waals surface area (Å²) < 4.78 is 0. The van der Waals surface area contributed by atoms with Gasteiger partial charge in [0.05, 0.1) is 0 Å². The molecule has 0 aromatic heterocycles. The zero-order valence-electron chi connectivity index (χ0n) is 4.88. The average Bonchev–Trinajstić information content (AvgIpc) is 1.63. The molecule has 3 nitrogen and oxygen atoms in total. The lowest BCUT2D eigenvalue weighted by Crippen LogP contribution is -1.99. The van der Waals surface area contributed by atoms with Crippen molar-refractivity contribution >= 4 is 17.6 Å². The van der Waals surface area contributed by atoms with E-state index < -0.39 is 11.5 Å². The Hall–Kier alpha value is -0.280. The van der Waals surface area contributed by atoms with E-state index in [9.17, 15) is 4.79 Å². The van der Waals surface area contributed by atoms with Crippen molar-refractivity contribution in [1.82, 2.24) is 0 Å². The summed E-state index contributed by atoms with van der Waals surface area (Å²) in [5.74, 6) is -0.854. The summed E-state index contributed by atoms with van der Waals surface area (Å²) in [6.45, 7) is 0. The Kier molecular flexibility index (Phi) is 4.44. The number of carboxylic acids is 1.